The maximum Gasteiger partial charge on any atom is 0.0707 e. The van der Waals surface area contributed by atoms with Gasteiger partial charge in [-0.2, -0.15) is 0 Å². The quantitative estimate of drug-likeness (QED) is 0.840. The number of aliphatic hydroxyl groups is 1. The molecule has 0 saturated heterocycles. The molecule has 21 heavy (non-hydrogen) atoms. The molecule has 2 aromatic rings. The van der Waals surface area contributed by atoms with E-state index in [9.17, 15) is 5.11 Å². The Morgan fingerprint density at radius 2 is 1.38 bits per heavy atom. The fourth-order valence-corrected chi connectivity index (χ4v) is 2.50. The molecule has 112 valence electrons. The van der Waals surface area contributed by atoms with Gasteiger partial charge >= 0.3 is 0 Å². The molecule has 2 aromatic carbocycles. The van der Waals surface area contributed by atoms with Crippen molar-refractivity contribution in [2.45, 2.75) is 39.0 Å². The minimum atomic E-state index is -0.335. The highest BCUT2D eigenvalue weighted by Crippen LogP contribution is 2.11. The molecule has 1 atom stereocenters. The van der Waals surface area contributed by atoms with Crippen LogP contribution >= 0.6 is 0 Å². The molecule has 0 aliphatic carbocycles. The fourth-order valence-electron chi connectivity index (χ4n) is 2.50. The Bertz CT molecular complexity index is 510. The molecule has 0 amide bonds. The molecular weight excluding hydrogens is 258 g/mol. The first-order valence-electron chi connectivity index (χ1n) is 7.65. The van der Waals surface area contributed by atoms with Crippen LogP contribution in [-0.4, -0.2) is 28.7 Å². The maximum atomic E-state index is 10.4. The molecule has 0 saturated carbocycles. The Kier molecular flexibility index (Phi) is 5.97. The van der Waals surface area contributed by atoms with Gasteiger partial charge in [0.2, 0.25) is 0 Å². The monoisotopic (exact) mass is 283 g/mol. The zero-order valence-electron chi connectivity index (χ0n) is 12.9. The van der Waals surface area contributed by atoms with E-state index in [1.807, 2.05) is 24.3 Å². The summed E-state index contributed by atoms with van der Waals surface area (Å²) in [5.74, 6) is 0. The van der Waals surface area contributed by atoms with Crippen LogP contribution in [0.5, 0.6) is 0 Å². The van der Waals surface area contributed by atoms with E-state index in [1.54, 1.807) is 0 Å². The first kappa shape index (κ1) is 15.7. The summed E-state index contributed by atoms with van der Waals surface area (Å²) in [5.41, 5.74) is 2.48. The first-order valence-corrected chi connectivity index (χ1v) is 7.65. The van der Waals surface area contributed by atoms with E-state index in [4.69, 9.17) is 0 Å². The molecule has 0 bridgehead atoms. The number of nitrogens with zero attached hydrogens (tertiary/aromatic N) is 1. The van der Waals surface area contributed by atoms with E-state index in [2.05, 4.69) is 55.1 Å². The summed E-state index contributed by atoms with van der Waals surface area (Å²) in [7, 11) is 0. The van der Waals surface area contributed by atoms with E-state index in [0.717, 1.165) is 6.54 Å². The molecular formula is C19H25NO. The van der Waals surface area contributed by atoms with Gasteiger partial charge in [0, 0.05) is 19.1 Å². The summed E-state index contributed by atoms with van der Waals surface area (Å²) >= 11 is 0. The Labute approximate surface area is 128 Å². The first-order chi connectivity index (χ1) is 10.1. The van der Waals surface area contributed by atoms with Gasteiger partial charge in [-0.25, -0.2) is 0 Å². The van der Waals surface area contributed by atoms with E-state index in [0.29, 0.717) is 19.0 Å². The molecule has 0 radical (unpaired) electrons. The lowest BCUT2D eigenvalue weighted by Gasteiger charge is -2.29. The van der Waals surface area contributed by atoms with Gasteiger partial charge in [-0.15, -0.1) is 0 Å². The number of benzene rings is 2. The second-order valence-corrected chi connectivity index (χ2v) is 5.85. The molecule has 1 N–H and O–H groups in total. The van der Waals surface area contributed by atoms with E-state index in [-0.39, 0.29) is 6.10 Å². The topological polar surface area (TPSA) is 23.5 Å². The van der Waals surface area contributed by atoms with Gasteiger partial charge in [0.05, 0.1) is 6.10 Å². The van der Waals surface area contributed by atoms with Gasteiger partial charge in [-0.05, 0) is 31.4 Å². The summed E-state index contributed by atoms with van der Waals surface area (Å²) in [4.78, 5) is 2.32. The molecule has 0 heterocycles. The normalized spacial score (nSPS) is 12.8. The highest BCUT2D eigenvalue weighted by atomic mass is 16.3. The molecule has 0 aliphatic rings. The molecule has 0 aromatic heterocycles. The predicted molar refractivity (Wildman–Crippen MR) is 88.1 cm³/mol. The van der Waals surface area contributed by atoms with Crippen LogP contribution in [0.4, 0.5) is 0 Å². The van der Waals surface area contributed by atoms with Crippen molar-refractivity contribution >= 4 is 0 Å². The average molecular weight is 283 g/mol. The van der Waals surface area contributed by atoms with Crippen molar-refractivity contribution in [2.75, 3.05) is 6.54 Å². The fraction of sp³-hybridized carbons (Fsp3) is 0.368. The van der Waals surface area contributed by atoms with Gasteiger partial charge in [0.25, 0.3) is 0 Å². The van der Waals surface area contributed by atoms with Gasteiger partial charge < -0.3 is 5.11 Å². The maximum absolute atomic E-state index is 10.4. The van der Waals surface area contributed by atoms with Crippen molar-refractivity contribution in [2.24, 2.45) is 0 Å². The van der Waals surface area contributed by atoms with Crippen molar-refractivity contribution in [1.29, 1.82) is 0 Å². The van der Waals surface area contributed by atoms with Gasteiger partial charge in [-0.1, -0.05) is 60.7 Å². The van der Waals surface area contributed by atoms with Crippen LogP contribution in [0.1, 0.15) is 25.0 Å². The molecule has 0 fully saturated rings. The zero-order chi connectivity index (χ0) is 15.1. The van der Waals surface area contributed by atoms with Crippen LogP contribution in [0.2, 0.25) is 0 Å². The van der Waals surface area contributed by atoms with E-state index < -0.39 is 0 Å². The summed E-state index contributed by atoms with van der Waals surface area (Å²) in [6, 6.07) is 21.0. The molecule has 0 aliphatic heterocycles. The Morgan fingerprint density at radius 1 is 0.857 bits per heavy atom. The summed E-state index contributed by atoms with van der Waals surface area (Å²) in [6.45, 7) is 5.93. The minimum Gasteiger partial charge on any atom is -0.391 e. The van der Waals surface area contributed by atoms with Crippen LogP contribution in [0.15, 0.2) is 60.7 Å². The summed E-state index contributed by atoms with van der Waals surface area (Å²) < 4.78 is 0. The van der Waals surface area contributed by atoms with Gasteiger partial charge in [0.1, 0.15) is 0 Å². The third-order valence-corrected chi connectivity index (χ3v) is 3.72. The van der Waals surface area contributed by atoms with Crippen molar-refractivity contribution < 1.29 is 5.11 Å². The Morgan fingerprint density at radius 3 is 1.90 bits per heavy atom. The average Bonchev–Trinajstić information content (AvgIpc) is 2.48. The molecule has 0 spiro atoms. The Balaban J connectivity index is 1.93. The zero-order valence-corrected chi connectivity index (χ0v) is 12.9. The third kappa shape index (κ3) is 5.33. The predicted octanol–water partition coefficient (Wildman–Crippen LogP) is 3.50. The lowest BCUT2D eigenvalue weighted by molar-refractivity contribution is 0.0908. The van der Waals surface area contributed by atoms with Crippen molar-refractivity contribution in [1.82, 2.24) is 4.90 Å². The number of hydrogen-bond donors (Lipinski definition) is 1. The van der Waals surface area contributed by atoms with Crippen LogP contribution in [0.3, 0.4) is 0 Å². The highest BCUT2D eigenvalue weighted by molar-refractivity contribution is 5.16. The molecule has 2 heteroatoms. The standard InChI is InChI=1S/C19H25NO/c1-16(2)20(14-18-11-7-4-8-12-18)15-19(21)13-17-9-5-3-6-10-17/h3-12,16,19,21H,13-15H2,1-2H3. The lowest BCUT2D eigenvalue weighted by atomic mass is 10.1. The number of aliphatic hydroxyl groups excluding tert-OH is 1. The van der Waals surface area contributed by atoms with E-state index in [1.165, 1.54) is 11.1 Å². The van der Waals surface area contributed by atoms with Gasteiger partial charge in [0.15, 0.2) is 0 Å². The smallest absolute Gasteiger partial charge is 0.0707 e. The summed E-state index contributed by atoms with van der Waals surface area (Å²) in [6.07, 6.45) is 0.372. The lowest BCUT2D eigenvalue weighted by Crippen LogP contribution is -2.37. The van der Waals surface area contributed by atoms with Crippen LogP contribution in [-0.2, 0) is 13.0 Å². The molecule has 2 nitrogen and oxygen atoms in total. The molecule has 1 unspecified atom stereocenters. The number of hydrogen-bond acceptors (Lipinski definition) is 2. The van der Waals surface area contributed by atoms with Crippen molar-refractivity contribution in [3.05, 3.63) is 71.8 Å². The third-order valence-electron chi connectivity index (χ3n) is 3.72. The number of rotatable bonds is 7. The largest absolute Gasteiger partial charge is 0.391 e. The molecule has 2 rings (SSSR count). The van der Waals surface area contributed by atoms with Crippen molar-refractivity contribution in [3.8, 4) is 0 Å². The SMILES string of the molecule is CC(C)N(Cc1ccccc1)CC(O)Cc1ccccc1. The van der Waals surface area contributed by atoms with Crippen LogP contribution < -0.4 is 0 Å². The second-order valence-electron chi connectivity index (χ2n) is 5.85. The van der Waals surface area contributed by atoms with Crippen LogP contribution in [0.25, 0.3) is 0 Å². The van der Waals surface area contributed by atoms with E-state index >= 15 is 0 Å². The Hall–Kier alpha value is -1.64. The summed E-state index contributed by atoms with van der Waals surface area (Å²) in [5, 5.41) is 10.4. The minimum absolute atomic E-state index is 0.335. The van der Waals surface area contributed by atoms with Crippen molar-refractivity contribution in [3.63, 3.8) is 0 Å². The van der Waals surface area contributed by atoms with Gasteiger partial charge in [-0.3, -0.25) is 4.90 Å². The highest BCUT2D eigenvalue weighted by Gasteiger charge is 2.15. The van der Waals surface area contributed by atoms with Crippen LogP contribution in [0, 0.1) is 0 Å². The second kappa shape index (κ2) is 7.96.